The number of hydrogen-bond donors (Lipinski definition) is 3. The number of phenolic OH excluding ortho intramolecular Hbond substituents is 2. The maximum absolute atomic E-state index is 10.3. The summed E-state index contributed by atoms with van der Waals surface area (Å²) < 4.78 is 0.592. The van der Waals surface area contributed by atoms with E-state index < -0.39 is 5.97 Å². The summed E-state index contributed by atoms with van der Waals surface area (Å²) in [6, 6.07) is 2.90. The summed E-state index contributed by atoms with van der Waals surface area (Å²) in [4.78, 5) is 10.3. The van der Waals surface area contributed by atoms with Crippen molar-refractivity contribution in [2.24, 2.45) is 0 Å². The van der Waals surface area contributed by atoms with Crippen LogP contribution >= 0.6 is 15.9 Å². The average Bonchev–Trinajstić information content (AvgIpc) is 2.11. The Morgan fingerprint density at radius 2 is 2.00 bits per heavy atom. The van der Waals surface area contributed by atoms with Gasteiger partial charge in [-0.2, -0.15) is 0 Å². The Morgan fingerprint density at radius 3 is 2.57 bits per heavy atom. The highest BCUT2D eigenvalue weighted by Crippen LogP contribution is 2.34. The van der Waals surface area contributed by atoms with Gasteiger partial charge in [0, 0.05) is 16.5 Å². The van der Waals surface area contributed by atoms with Crippen molar-refractivity contribution in [1.29, 1.82) is 0 Å². The average molecular weight is 261 g/mol. The molecule has 0 saturated carbocycles. The molecule has 1 aromatic rings. The Hall–Kier alpha value is -1.23. The molecule has 3 N–H and O–H groups in total. The third kappa shape index (κ3) is 2.38. The molecule has 0 radical (unpaired) electrons. The standard InChI is InChI=1S/C9H9BrO4/c10-6-2-3-7(11)9(14)5(6)1-4-8(12)13/h2-3,11,14H,1,4H2,(H,12,13). The fourth-order valence-electron chi connectivity index (χ4n) is 1.07. The van der Waals surface area contributed by atoms with E-state index in [1.54, 1.807) is 6.07 Å². The highest BCUT2D eigenvalue weighted by atomic mass is 79.9. The molecule has 4 nitrogen and oxygen atoms in total. The number of hydrogen-bond acceptors (Lipinski definition) is 3. The summed E-state index contributed by atoms with van der Waals surface area (Å²) in [7, 11) is 0. The Kier molecular flexibility index (Phi) is 3.35. The molecule has 0 spiro atoms. The third-order valence-electron chi connectivity index (χ3n) is 1.79. The van der Waals surface area contributed by atoms with Crippen molar-refractivity contribution in [2.75, 3.05) is 0 Å². The van der Waals surface area contributed by atoms with Crippen LogP contribution in [0.15, 0.2) is 16.6 Å². The number of halogens is 1. The van der Waals surface area contributed by atoms with Gasteiger partial charge in [0.15, 0.2) is 11.5 Å². The highest BCUT2D eigenvalue weighted by Gasteiger charge is 2.11. The highest BCUT2D eigenvalue weighted by molar-refractivity contribution is 9.10. The van der Waals surface area contributed by atoms with Crippen molar-refractivity contribution in [3.05, 3.63) is 22.2 Å². The van der Waals surface area contributed by atoms with Crippen LogP contribution in [-0.4, -0.2) is 21.3 Å². The fourth-order valence-corrected chi connectivity index (χ4v) is 1.59. The molecule has 0 aromatic heterocycles. The molecular weight excluding hydrogens is 252 g/mol. The molecule has 0 amide bonds. The third-order valence-corrected chi connectivity index (χ3v) is 2.54. The van der Waals surface area contributed by atoms with E-state index in [0.29, 0.717) is 10.0 Å². The van der Waals surface area contributed by atoms with Crippen molar-refractivity contribution in [1.82, 2.24) is 0 Å². The molecule has 0 aliphatic carbocycles. The van der Waals surface area contributed by atoms with E-state index in [4.69, 9.17) is 5.11 Å². The monoisotopic (exact) mass is 260 g/mol. The van der Waals surface area contributed by atoms with Crippen LogP contribution in [0.25, 0.3) is 0 Å². The Bertz CT molecular complexity index is 362. The molecule has 0 bridgehead atoms. The van der Waals surface area contributed by atoms with Gasteiger partial charge in [-0.3, -0.25) is 4.79 Å². The molecule has 0 aliphatic rings. The van der Waals surface area contributed by atoms with Crippen LogP contribution in [0.3, 0.4) is 0 Å². The first kappa shape index (κ1) is 10.8. The number of carboxylic acid groups (broad SMARTS) is 1. The number of rotatable bonds is 3. The molecule has 0 atom stereocenters. The van der Waals surface area contributed by atoms with E-state index in [2.05, 4.69) is 15.9 Å². The lowest BCUT2D eigenvalue weighted by molar-refractivity contribution is -0.136. The molecule has 5 heteroatoms. The molecular formula is C9H9BrO4. The first-order chi connectivity index (χ1) is 6.52. The SMILES string of the molecule is O=C(O)CCc1c(Br)ccc(O)c1O. The van der Waals surface area contributed by atoms with E-state index in [-0.39, 0.29) is 24.3 Å². The van der Waals surface area contributed by atoms with Crippen LogP contribution in [0.4, 0.5) is 0 Å². The van der Waals surface area contributed by atoms with Crippen molar-refractivity contribution in [3.63, 3.8) is 0 Å². The van der Waals surface area contributed by atoms with Crippen molar-refractivity contribution < 1.29 is 20.1 Å². The number of carbonyl (C=O) groups is 1. The predicted molar refractivity (Wildman–Crippen MR) is 53.4 cm³/mol. The molecule has 0 heterocycles. The Labute approximate surface area is 88.9 Å². The molecule has 76 valence electrons. The second-order valence-corrected chi connectivity index (χ2v) is 3.64. The summed E-state index contributed by atoms with van der Waals surface area (Å²) in [6.45, 7) is 0. The fraction of sp³-hybridized carbons (Fsp3) is 0.222. The lowest BCUT2D eigenvalue weighted by Gasteiger charge is -2.06. The van der Waals surface area contributed by atoms with E-state index >= 15 is 0 Å². The van der Waals surface area contributed by atoms with Gasteiger partial charge in [0.25, 0.3) is 0 Å². The van der Waals surface area contributed by atoms with Gasteiger partial charge in [-0.05, 0) is 18.6 Å². The Morgan fingerprint density at radius 1 is 1.36 bits per heavy atom. The van der Waals surface area contributed by atoms with E-state index in [0.717, 1.165) is 0 Å². The van der Waals surface area contributed by atoms with Crippen LogP contribution < -0.4 is 0 Å². The Balaban J connectivity index is 2.95. The minimum absolute atomic E-state index is 0.0877. The predicted octanol–water partition coefficient (Wildman–Crippen LogP) is 1.88. The van der Waals surface area contributed by atoms with Gasteiger partial charge in [0.05, 0.1) is 0 Å². The van der Waals surface area contributed by atoms with Crippen LogP contribution in [0.1, 0.15) is 12.0 Å². The maximum Gasteiger partial charge on any atom is 0.303 e. The minimum Gasteiger partial charge on any atom is -0.504 e. The van der Waals surface area contributed by atoms with Crippen molar-refractivity contribution in [2.45, 2.75) is 12.8 Å². The summed E-state index contributed by atoms with van der Waals surface area (Å²) in [6.07, 6.45) is 0.0891. The van der Waals surface area contributed by atoms with Crippen LogP contribution in [0.2, 0.25) is 0 Å². The second-order valence-electron chi connectivity index (χ2n) is 2.79. The zero-order chi connectivity index (χ0) is 10.7. The van der Waals surface area contributed by atoms with Gasteiger partial charge in [-0.1, -0.05) is 15.9 Å². The summed E-state index contributed by atoms with van der Waals surface area (Å²) >= 11 is 3.17. The first-order valence-electron chi connectivity index (χ1n) is 3.93. The molecule has 0 unspecified atom stereocenters. The normalized spacial score (nSPS) is 10.1. The lowest BCUT2D eigenvalue weighted by atomic mass is 10.1. The molecule has 1 rings (SSSR count). The van der Waals surface area contributed by atoms with Gasteiger partial charge in [0.2, 0.25) is 0 Å². The van der Waals surface area contributed by atoms with E-state index in [1.807, 2.05) is 0 Å². The largest absolute Gasteiger partial charge is 0.504 e. The first-order valence-corrected chi connectivity index (χ1v) is 4.72. The topological polar surface area (TPSA) is 77.8 Å². The van der Waals surface area contributed by atoms with Crippen molar-refractivity contribution in [3.8, 4) is 11.5 Å². The quantitative estimate of drug-likeness (QED) is 0.726. The molecule has 0 fully saturated rings. The smallest absolute Gasteiger partial charge is 0.303 e. The maximum atomic E-state index is 10.3. The van der Waals surface area contributed by atoms with E-state index in [1.165, 1.54) is 6.07 Å². The summed E-state index contributed by atoms with van der Waals surface area (Å²) in [5.74, 6) is -1.45. The molecule has 14 heavy (non-hydrogen) atoms. The molecule has 0 saturated heterocycles. The summed E-state index contributed by atoms with van der Waals surface area (Å²) in [5, 5.41) is 27.1. The van der Waals surface area contributed by atoms with Gasteiger partial charge >= 0.3 is 5.97 Å². The summed E-state index contributed by atoms with van der Waals surface area (Å²) in [5.41, 5.74) is 0.410. The number of phenols is 2. The van der Waals surface area contributed by atoms with Crippen LogP contribution in [0, 0.1) is 0 Å². The number of carboxylic acids is 1. The zero-order valence-electron chi connectivity index (χ0n) is 7.20. The number of benzene rings is 1. The van der Waals surface area contributed by atoms with Gasteiger partial charge in [-0.15, -0.1) is 0 Å². The van der Waals surface area contributed by atoms with Crippen LogP contribution in [-0.2, 0) is 11.2 Å². The number of aromatic hydroxyl groups is 2. The molecule has 0 aliphatic heterocycles. The van der Waals surface area contributed by atoms with Gasteiger partial charge in [0.1, 0.15) is 0 Å². The second kappa shape index (κ2) is 4.32. The van der Waals surface area contributed by atoms with Gasteiger partial charge < -0.3 is 15.3 Å². The van der Waals surface area contributed by atoms with Crippen LogP contribution in [0.5, 0.6) is 11.5 Å². The molecule has 1 aromatic carbocycles. The zero-order valence-corrected chi connectivity index (χ0v) is 8.78. The lowest BCUT2D eigenvalue weighted by Crippen LogP contribution is -1.98. The van der Waals surface area contributed by atoms with E-state index in [9.17, 15) is 15.0 Å². The number of aliphatic carboxylic acids is 1. The van der Waals surface area contributed by atoms with Gasteiger partial charge in [-0.25, -0.2) is 0 Å². The minimum atomic E-state index is -0.945. The van der Waals surface area contributed by atoms with Crippen molar-refractivity contribution >= 4 is 21.9 Å².